The van der Waals surface area contributed by atoms with Crippen LogP contribution in [-0.4, -0.2) is 14.5 Å². The Balaban J connectivity index is 0.00000182. The molecular formula is C20H15Cl2N3. The lowest BCUT2D eigenvalue weighted by Crippen LogP contribution is -1.99. The quantitative estimate of drug-likeness (QED) is 0.467. The molecule has 4 aromatic rings. The molecule has 0 bridgehead atoms. The Hall–Kier alpha value is -2.62. The van der Waals surface area contributed by atoms with Crippen LogP contribution in [0.2, 0.25) is 5.02 Å². The molecule has 2 aromatic heterocycles. The van der Waals surface area contributed by atoms with Crippen LogP contribution in [0.5, 0.6) is 0 Å². The van der Waals surface area contributed by atoms with E-state index in [-0.39, 0.29) is 12.4 Å². The minimum atomic E-state index is 0. The number of fused-ring (bicyclic) bond motifs is 1. The second-order valence-electron chi connectivity index (χ2n) is 5.37. The smallest absolute Gasteiger partial charge is 0.139 e. The highest BCUT2D eigenvalue weighted by atomic mass is 35.5. The maximum absolute atomic E-state index is 6.05. The van der Waals surface area contributed by atoms with Gasteiger partial charge in [0.2, 0.25) is 0 Å². The molecule has 0 fully saturated rings. The van der Waals surface area contributed by atoms with Crippen molar-refractivity contribution in [1.82, 2.24) is 14.5 Å². The van der Waals surface area contributed by atoms with Gasteiger partial charge in [-0.15, -0.1) is 12.4 Å². The van der Waals surface area contributed by atoms with Crippen LogP contribution < -0.4 is 0 Å². The van der Waals surface area contributed by atoms with Crippen molar-refractivity contribution in [2.45, 2.75) is 0 Å². The van der Waals surface area contributed by atoms with Crippen molar-refractivity contribution in [3.05, 3.63) is 89.3 Å². The first-order chi connectivity index (χ1) is 11.8. The van der Waals surface area contributed by atoms with Gasteiger partial charge in [-0.1, -0.05) is 48.0 Å². The predicted molar refractivity (Wildman–Crippen MR) is 106 cm³/mol. The zero-order chi connectivity index (χ0) is 16.4. The van der Waals surface area contributed by atoms with E-state index in [2.05, 4.69) is 9.55 Å². The minimum absolute atomic E-state index is 0. The molecule has 0 atom stereocenters. The standard InChI is InChI=1S/C20H14ClN3.ClH/c21-16-7-5-6-15(14-16)11-12-20-23-17-8-1-2-9-18(17)24(20)19-10-3-4-13-22-19;/h1-14H;1H/b12-11+;. The van der Waals surface area contributed by atoms with Crippen LogP contribution in [0.1, 0.15) is 11.4 Å². The van der Waals surface area contributed by atoms with E-state index in [1.807, 2.05) is 78.9 Å². The molecule has 0 saturated heterocycles. The van der Waals surface area contributed by atoms with Crippen LogP contribution >= 0.6 is 24.0 Å². The van der Waals surface area contributed by atoms with E-state index < -0.39 is 0 Å². The monoisotopic (exact) mass is 367 g/mol. The molecule has 0 radical (unpaired) electrons. The maximum atomic E-state index is 6.05. The van der Waals surface area contributed by atoms with Gasteiger partial charge in [0.05, 0.1) is 11.0 Å². The van der Waals surface area contributed by atoms with E-state index >= 15 is 0 Å². The number of hydrogen-bond donors (Lipinski definition) is 0. The van der Waals surface area contributed by atoms with Crippen LogP contribution in [0.25, 0.3) is 29.0 Å². The average molecular weight is 368 g/mol. The first-order valence-corrected chi connectivity index (χ1v) is 8.01. The van der Waals surface area contributed by atoms with Crippen molar-refractivity contribution in [3.8, 4) is 5.82 Å². The lowest BCUT2D eigenvalue weighted by Gasteiger charge is -2.05. The molecule has 4 rings (SSSR count). The van der Waals surface area contributed by atoms with Crippen molar-refractivity contribution in [2.24, 2.45) is 0 Å². The number of nitrogens with zero attached hydrogens (tertiary/aromatic N) is 3. The Kier molecular flexibility index (Phi) is 5.17. The van der Waals surface area contributed by atoms with Crippen molar-refractivity contribution >= 4 is 47.2 Å². The molecule has 0 saturated carbocycles. The Bertz CT molecular complexity index is 1020. The highest BCUT2D eigenvalue weighted by molar-refractivity contribution is 6.30. The Morgan fingerprint density at radius 3 is 2.52 bits per heavy atom. The number of imidazole rings is 1. The first-order valence-electron chi connectivity index (χ1n) is 7.64. The summed E-state index contributed by atoms with van der Waals surface area (Å²) in [5, 5.41) is 0.718. The molecule has 25 heavy (non-hydrogen) atoms. The topological polar surface area (TPSA) is 30.7 Å². The van der Waals surface area contributed by atoms with Crippen LogP contribution in [0, 0.1) is 0 Å². The molecule has 2 heterocycles. The van der Waals surface area contributed by atoms with Crippen molar-refractivity contribution in [2.75, 3.05) is 0 Å². The number of hydrogen-bond acceptors (Lipinski definition) is 2. The fourth-order valence-electron chi connectivity index (χ4n) is 2.66. The first kappa shape index (κ1) is 17.2. The third-order valence-corrected chi connectivity index (χ3v) is 3.97. The van der Waals surface area contributed by atoms with Crippen LogP contribution in [0.15, 0.2) is 72.9 Å². The van der Waals surface area contributed by atoms with E-state index in [9.17, 15) is 0 Å². The second kappa shape index (κ2) is 7.51. The Labute approximate surface area is 157 Å². The fourth-order valence-corrected chi connectivity index (χ4v) is 2.86. The number of aromatic nitrogens is 3. The van der Waals surface area contributed by atoms with Gasteiger partial charge < -0.3 is 0 Å². The summed E-state index contributed by atoms with van der Waals surface area (Å²) in [7, 11) is 0. The molecule has 0 aliphatic heterocycles. The molecule has 0 unspecified atom stereocenters. The largest absolute Gasteiger partial charge is 0.277 e. The molecule has 0 spiro atoms. The molecule has 5 heteroatoms. The third-order valence-electron chi connectivity index (χ3n) is 3.74. The third kappa shape index (κ3) is 3.58. The molecule has 0 amide bonds. The van der Waals surface area contributed by atoms with Gasteiger partial charge in [0.15, 0.2) is 0 Å². The normalized spacial score (nSPS) is 10.9. The van der Waals surface area contributed by atoms with Crippen molar-refractivity contribution in [3.63, 3.8) is 0 Å². The summed E-state index contributed by atoms with van der Waals surface area (Å²) in [4.78, 5) is 9.20. The summed E-state index contributed by atoms with van der Waals surface area (Å²) in [6, 6.07) is 21.6. The fraction of sp³-hybridized carbons (Fsp3) is 0. The van der Waals surface area contributed by atoms with Crippen LogP contribution in [0.3, 0.4) is 0 Å². The van der Waals surface area contributed by atoms with Gasteiger partial charge >= 0.3 is 0 Å². The molecule has 0 aliphatic carbocycles. The highest BCUT2D eigenvalue weighted by Gasteiger charge is 2.10. The van der Waals surface area contributed by atoms with E-state index in [0.717, 1.165) is 33.3 Å². The lowest BCUT2D eigenvalue weighted by molar-refractivity contribution is 1.01. The molecule has 124 valence electrons. The summed E-state index contributed by atoms with van der Waals surface area (Å²) in [5.41, 5.74) is 3.00. The number of rotatable bonds is 3. The number of benzene rings is 2. The molecule has 0 aliphatic rings. The minimum Gasteiger partial charge on any atom is -0.277 e. The zero-order valence-electron chi connectivity index (χ0n) is 13.2. The van der Waals surface area contributed by atoms with Crippen LogP contribution in [-0.2, 0) is 0 Å². The van der Waals surface area contributed by atoms with Crippen molar-refractivity contribution in [1.29, 1.82) is 0 Å². The van der Waals surface area contributed by atoms with Gasteiger partial charge in [0, 0.05) is 11.2 Å². The summed E-state index contributed by atoms with van der Waals surface area (Å²) in [5.74, 6) is 1.67. The van der Waals surface area contributed by atoms with Gasteiger partial charge in [-0.3, -0.25) is 4.57 Å². The SMILES string of the molecule is Cl.Clc1cccc(/C=C/c2nc3ccccc3n2-c2ccccn2)c1. The van der Waals surface area contributed by atoms with Gasteiger partial charge in [0.1, 0.15) is 11.6 Å². The zero-order valence-corrected chi connectivity index (χ0v) is 14.8. The average Bonchev–Trinajstić information content (AvgIpc) is 2.99. The van der Waals surface area contributed by atoms with Gasteiger partial charge in [-0.25, -0.2) is 9.97 Å². The summed E-state index contributed by atoms with van der Waals surface area (Å²) >= 11 is 6.05. The maximum Gasteiger partial charge on any atom is 0.139 e. The molecule has 3 nitrogen and oxygen atoms in total. The van der Waals surface area contributed by atoms with Gasteiger partial charge in [-0.2, -0.15) is 0 Å². The lowest BCUT2D eigenvalue weighted by atomic mass is 10.2. The van der Waals surface area contributed by atoms with E-state index in [1.165, 1.54) is 0 Å². The summed E-state index contributed by atoms with van der Waals surface area (Å²) in [6.07, 6.45) is 5.78. The van der Waals surface area contributed by atoms with E-state index in [1.54, 1.807) is 6.20 Å². The second-order valence-corrected chi connectivity index (χ2v) is 5.81. The van der Waals surface area contributed by atoms with Crippen LogP contribution in [0.4, 0.5) is 0 Å². The predicted octanol–water partition coefficient (Wildman–Crippen LogP) is 5.67. The number of halogens is 2. The summed E-state index contributed by atoms with van der Waals surface area (Å²) < 4.78 is 2.05. The van der Waals surface area contributed by atoms with Gasteiger partial charge in [0.25, 0.3) is 0 Å². The van der Waals surface area contributed by atoms with E-state index in [4.69, 9.17) is 16.6 Å². The number of pyridine rings is 1. The number of para-hydroxylation sites is 2. The molecular weight excluding hydrogens is 353 g/mol. The Morgan fingerprint density at radius 2 is 1.72 bits per heavy atom. The molecule has 2 aromatic carbocycles. The Morgan fingerprint density at radius 1 is 0.880 bits per heavy atom. The summed E-state index contributed by atoms with van der Waals surface area (Å²) in [6.45, 7) is 0. The van der Waals surface area contributed by atoms with Gasteiger partial charge in [-0.05, 0) is 48.0 Å². The highest BCUT2D eigenvalue weighted by Crippen LogP contribution is 2.22. The van der Waals surface area contributed by atoms with Crippen molar-refractivity contribution < 1.29 is 0 Å². The molecule has 0 N–H and O–H groups in total. The van der Waals surface area contributed by atoms with E-state index in [0.29, 0.717) is 0 Å².